The summed E-state index contributed by atoms with van der Waals surface area (Å²) in [5, 5.41) is 63.0. The zero-order valence-corrected chi connectivity index (χ0v) is 52.5. The molecule has 0 saturated carbocycles. The number of guanidine groups is 1. The second-order valence-corrected chi connectivity index (χ2v) is 22.5. The summed E-state index contributed by atoms with van der Waals surface area (Å²) in [5.41, 5.74) is 11.9. The monoisotopic (exact) mass is 1260 g/mol. The van der Waals surface area contributed by atoms with E-state index < -0.39 is 138 Å². The third-order valence-electron chi connectivity index (χ3n) is 13.9. The molecule has 89 heavy (non-hydrogen) atoms. The minimum atomic E-state index is -1.56. The van der Waals surface area contributed by atoms with Crippen LogP contribution in [0.1, 0.15) is 157 Å². The van der Waals surface area contributed by atoms with Crippen molar-refractivity contribution < 1.29 is 83.1 Å². The number of amides is 8. The third kappa shape index (κ3) is 31.6. The zero-order valence-electron chi connectivity index (χ0n) is 52.5. The fraction of sp³-hybridized carbons (Fsp3) is 0.627. The first-order valence-corrected chi connectivity index (χ1v) is 29.9. The SMILES string of the molecule is CC(=O)O.CC(=O)O.CCCCCCCC(=O)N[C@@H](CC(=O)O)C(=O)N[C@@H](CCCN=C(N)N)C(=O)N[C@H](C(=O)N[C@@H](Cc1ccc(O)cc1)C(=O)N[C@H](C(=O)N[C@@H](Cc1cnc[nH]1)C(=O)N1CCC[C@H]1C(=O)N[C@@H](CC(C)C)C(=O)O)[C@@H](C)CC)C(C)C. The maximum absolute atomic E-state index is 14.7. The van der Waals surface area contributed by atoms with E-state index in [1.54, 1.807) is 27.7 Å². The minimum absolute atomic E-state index is 0.0289. The number of carboxylic acids is 4. The van der Waals surface area contributed by atoms with Gasteiger partial charge in [0.1, 0.15) is 54.1 Å². The Morgan fingerprint density at radius 3 is 1.78 bits per heavy atom. The number of aromatic amines is 1. The van der Waals surface area contributed by atoms with Gasteiger partial charge in [0.2, 0.25) is 47.3 Å². The molecule has 2 heterocycles. The number of aromatic hydroxyl groups is 1. The number of carboxylic acid groups (broad SMARTS) is 4. The van der Waals surface area contributed by atoms with Crippen molar-refractivity contribution in [3.8, 4) is 5.75 Å². The van der Waals surface area contributed by atoms with Crippen LogP contribution in [0.15, 0.2) is 41.8 Å². The number of H-pyrrole nitrogens is 1. The number of phenols is 1. The van der Waals surface area contributed by atoms with Gasteiger partial charge in [0.25, 0.3) is 11.9 Å². The number of nitrogens with zero attached hydrogens (tertiary/aromatic N) is 3. The molecule has 3 rings (SSSR count). The van der Waals surface area contributed by atoms with Crippen molar-refractivity contribution in [1.29, 1.82) is 0 Å². The van der Waals surface area contributed by atoms with Gasteiger partial charge in [0, 0.05) is 58.1 Å². The number of rotatable bonds is 36. The zero-order chi connectivity index (χ0) is 67.5. The van der Waals surface area contributed by atoms with E-state index in [0.717, 1.165) is 39.5 Å². The number of unbranched alkanes of at least 4 members (excludes halogenated alkanes) is 4. The highest BCUT2D eigenvalue weighted by Gasteiger charge is 2.41. The third-order valence-corrected chi connectivity index (χ3v) is 13.9. The molecule has 8 amide bonds. The normalized spacial score (nSPS) is 15.2. The van der Waals surface area contributed by atoms with Crippen molar-refractivity contribution in [2.24, 2.45) is 34.2 Å². The quantitative estimate of drug-likeness (QED) is 0.0259. The summed E-state index contributed by atoms with van der Waals surface area (Å²) < 4.78 is 0. The van der Waals surface area contributed by atoms with Crippen LogP contribution in [0, 0.1) is 17.8 Å². The van der Waals surface area contributed by atoms with Crippen molar-refractivity contribution in [3.05, 3.63) is 48.0 Å². The Balaban J connectivity index is 0.00000465. The lowest BCUT2D eigenvalue weighted by Crippen LogP contribution is -2.62. The second kappa shape index (κ2) is 41.3. The summed E-state index contributed by atoms with van der Waals surface area (Å²) >= 11 is 0. The van der Waals surface area contributed by atoms with E-state index in [-0.39, 0.29) is 75.7 Å². The number of carbonyl (C=O) groups is 12. The molecular formula is C59H95N13O17. The van der Waals surface area contributed by atoms with Gasteiger partial charge in [-0.15, -0.1) is 0 Å². The van der Waals surface area contributed by atoms with Gasteiger partial charge in [0.15, 0.2) is 5.96 Å². The van der Waals surface area contributed by atoms with E-state index in [1.165, 1.54) is 41.7 Å². The predicted octanol–water partition coefficient (Wildman–Crippen LogP) is 1.19. The molecule has 0 bridgehead atoms. The van der Waals surface area contributed by atoms with Gasteiger partial charge < -0.3 is 84.1 Å². The van der Waals surface area contributed by atoms with E-state index in [1.807, 2.05) is 20.8 Å². The van der Waals surface area contributed by atoms with Crippen LogP contribution in [0.2, 0.25) is 0 Å². The van der Waals surface area contributed by atoms with Crippen molar-refractivity contribution >= 4 is 77.1 Å². The molecule has 1 aliphatic heterocycles. The highest BCUT2D eigenvalue weighted by atomic mass is 16.4. The average molecular weight is 1260 g/mol. The summed E-state index contributed by atoms with van der Waals surface area (Å²) in [7, 11) is 0. The standard InChI is InChI=1S/C55H87N13O13.2C2H4O2/c1-8-10-11-12-13-18-43(70)61-39(28-44(71)72)48(74)62-37(16-14-23-59-55(56)57)47(73)66-45(32(5)6)51(77)63-38(26-34-19-21-36(69)22-20-34)49(75)67-46(33(7)9-2)52(78)64-40(27-35-29-58-30-60-35)53(79)68-24-15-17-42(68)50(76)65-41(54(80)81)25-31(3)4;2*1-2(3)4/h19-22,29-33,37-42,45-46,69H,8-18,23-28H2,1-7H3,(H,58,60)(H,61,70)(H,62,74)(H,63,77)(H,64,78)(H,65,76)(H,66,73)(H,67,75)(H,71,72)(H,80,81)(H4,56,57,59);2*1H3,(H,3,4)/t33-,37-,38-,39-,40-,41-,42-,45-,46-;;/m0../s1. The van der Waals surface area contributed by atoms with Crippen molar-refractivity contribution in [3.63, 3.8) is 0 Å². The highest BCUT2D eigenvalue weighted by molar-refractivity contribution is 5.99. The van der Waals surface area contributed by atoms with Gasteiger partial charge in [-0.1, -0.05) is 92.7 Å². The Kier molecular flexibility index (Phi) is 36.3. The molecule has 0 aliphatic carbocycles. The summed E-state index contributed by atoms with van der Waals surface area (Å²) in [4.78, 5) is 167. The molecule has 2 aromatic rings. The van der Waals surface area contributed by atoms with Crippen LogP contribution in [0.3, 0.4) is 0 Å². The summed E-state index contributed by atoms with van der Waals surface area (Å²) in [6.07, 6.45) is 7.16. The molecule has 9 atom stereocenters. The number of aromatic nitrogens is 2. The summed E-state index contributed by atoms with van der Waals surface area (Å²) in [6, 6.07) is -4.86. The van der Waals surface area contributed by atoms with E-state index >= 15 is 0 Å². The number of phenolic OH excluding ortho intramolecular Hbond substituents is 1. The number of imidazole rings is 1. The molecule has 1 saturated heterocycles. The summed E-state index contributed by atoms with van der Waals surface area (Å²) in [5.74, 6) is -12.0. The topological polar surface area (TPSA) is 487 Å². The van der Waals surface area contributed by atoms with E-state index in [0.29, 0.717) is 30.5 Å². The smallest absolute Gasteiger partial charge is 0.326 e. The maximum Gasteiger partial charge on any atom is 0.326 e. The van der Waals surface area contributed by atoms with Crippen LogP contribution in [-0.2, 0) is 70.4 Å². The van der Waals surface area contributed by atoms with Gasteiger partial charge in [-0.2, -0.15) is 0 Å². The number of hydrogen-bond acceptors (Lipinski definition) is 15. The Bertz CT molecular complexity index is 2630. The molecule has 1 aromatic carbocycles. The molecule has 1 fully saturated rings. The first-order chi connectivity index (χ1) is 41.8. The van der Waals surface area contributed by atoms with Crippen LogP contribution in [0.5, 0.6) is 5.75 Å². The van der Waals surface area contributed by atoms with Gasteiger partial charge in [-0.25, -0.2) is 9.78 Å². The number of carbonyl (C=O) groups excluding carboxylic acids is 8. The van der Waals surface area contributed by atoms with Gasteiger partial charge >= 0.3 is 11.9 Å². The van der Waals surface area contributed by atoms with Gasteiger partial charge in [-0.3, -0.25) is 57.7 Å². The largest absolute Gasteiger partial charge is 0.508 e. The second-order valence-electron chi connectivity index (χ2n) is 22.5. The highest BCUT2D eigenvalue weighted by Crippen LogP contribution is 2.22. The number of benzene rings is 1. The number of nitrogens with one attached hydrogen (secondary N) is 8. The Morgan fingerprint density at radius 1 is 0.674 bits per heavy atom. The lowest BCUT2D eigenvalue weighted by atomic mass is 9.96. The van der Waals surface area contributed by atoms with E-state index in [2.05, 4.69) is 52.2 Å². The maximum atomic E-state index is 14.7. The van der Waals surface area contributed by atoms with Crippen LogP contribution >= 0.6 is 0 Å². The van der Waals surface area contributed by atoms with Crippen molar-refractivity contribution in [1.82, 2.24) is 52.1 Å². The van der Waals surface area contributed by atoms with Crippen LogP contribution in [0.25, 0.3) is 0 Å². The van der Waals surface area contributed by atoms with Crippen LogP contribution in [-0.4, -0.2) is 179 Å². The molecule has 1 aromatic heterocycles. The first-order valence-electron chi connectivity index (χ1n) is 29.9. The van der Waals surface area contributed by atoms with Gasteiger partial charge in [0.05, 0.1) is 12.7 Å². The Morgan fingerprint density at radius 2 is 1.24 bits per heavy atom. The molecular weight excluding hydrogens is 1160 g/mol. The Labute approximate surface area is 518 Å². The number of likely N-dealkylation sites (tertiary alicyclic amines) is 1. The molecule has 17 N–H and O–H groups in total. The molecule has 30 nitrogen and oxygen atoms in total. The number of aliphatic imine (C=N–C) groups is 1. The molecule has 1 aliphatic rings. The average Bonchev–Trinajstić information content (AvgIpc) is 2.02. The first kappa shape index (κ1) is 78.2. The molecule has 0 spiro atoms. The molecule has 0 unspecified atom stereocenters. The van der Waals surface area contributed by atoms with Crippen molar-refractivity contribution in [2.75, 3.05) is 13.1 Å². The summed E-state index contributed by atoms with van der Waals surface area (Å²) in [6.45, 7) is 14.7. The van der Waals surface area contributed by atoms with Crippen molar-refractivity contribution in [2.45, 2.75) is 207 Å². The number of nitrogens with two attached hydrogens (primary N) is 2. The van der Waals surface area contributed by atoms with E-state index in [4.69, 9.17) is 31.3 Å². The molecule has 0 radical (unpaired) electrons. The van der Waals surface area contributed by atoms with E-state index in [9.17, 15) is 63.3 Å². The predicted molar refractivity (Wildman–Crippen MR) is 326 cm³/mol. The Hall–Kier alpha value is -8.86. The van der Waals surface area contributed by atoms with Crippen LogP contribution in [0.4, 0.5) is 0 Å². The molecule has 30 heteroatoms. The fourth-order valence-corrected chi connectivity index (χ4v) is 9.21. The lowest BCUT2D eigenvalue weighted by Gasteiger charge is -2.32. The van der Waals surface area contributed by atoms with Crippen LogP contribution < -0.4 is 48.7 Å². The fourth-order valence-electron chi connectivity index (χ4n) is 9.21. The van der Waals surface area contributed by atoms with Gasteiger partial charge in [-0.05, 0) is 74.0 Å². The number of aliphatic carboxylic acids is 4. The number of hydrogen-bond donors (Lipinski definition) is 15. The lowest BCUT2D eigenvalue weighted by molar-refractivity contribution is -0.145. The molecule has 498 valence electrons. The minimum Gasteiger partial charge on any atom is -0.508 e.